The number of hydrogen-bond donors (Lipinski definition) is 0. The van der Waals surface area contributed by atoms with Crippen LogP contribution in [-0.4, -0.2) is 31.3 Å². The normalized spacial score (nSPS) is 11.2. The number of carbonyl (C=O) groups excluding carboxylic acids is 1. The van der Waals surface area contributed by atoms with E-state index in [0.29, 0.717) is 0 Å². The quantitative estimate of drug-likeness (QED) is 0.136. The fraction of sp³-hybridized carbons (Fsp3) is 0.950. The maximum Gasteiger partial charge on any atom is 1.00 e. The molecule has 0 radical (unpaired) electrons. The van der Waals surface area contributed by atoms with Crippen LogP contribution in [0.15, 0.2) is 0 Å². The van der Waals surface area contributed by atoms with Crippen LogP contribution >= 0.6 is 0 Å². The van der Waals surface area contributed by atoms with Crippen LogP contribution < -0.4 is 51.4 Å². The van der Waals surface area contributed by atoms with Gasteiger partial charge in [-0.05, 0) is 6.42 Å². The molecule has 27 heavy (non-hydrogen) atoms. The Morgan fingerprint density at radius 2 is 1.04 bits per heavy atom. The minimum Gasteiger partial charge on any atom is -0.748 e. The van der Waals surface area contributed by atoms with E-state index in [1.807, 2.05) is 0 Å². The van der Waals surface area contributed by atoms with E-state index >= 15 is 0 Å². The number of carbonyl (C=O) groups is 1. The van der Waals surface area contributed by atoms with Crippen LogP contribution in [0.1, 0.15) is 110 Å². The molecule has 0 aromatic rings. The molecule has 5 nitrogen and oxygen atoms in total. The van der Waals surface area contributed by atoms with Crippen LogP contribution in [0.4, 0.5) is 0 Å². The van der Waals surface area contributed by atoms with Gasteiger partial charge in [-0.15, -0.1) is 0 Å². The van der Waals surface area contributed by atoms with E-state index in [-0.39, 0.29) is 58.0 Å². The molecular weight excluding hydrogens is 391 g/mol. The van der Waals surface area contributed by atoms with Gasteiger partial charge in [0.1, 0.15) is 15.9 Å². The predicted octanol–water partition coefficient (Wildman–Crippen LogP) is 2.34. The van der Waals surface area contributed by atoms with Gasteiger partial charge in [-0.2, -0.15) is 0 Å². The molecule has 0 aromatic heterocycles. The van der Waals surface area contributed by atoms with Crippen molar-refractivity contribution in [3.05, 3.63) is 0 Å². The molecule has 0 aromatic carbocycles. The molecule has 0 aliphatic heterocycles. The van der Waals surface area contributed by atoms with Crippen LogP contribution in [-0.2, 0) is 19.6 Å². The Hall–Kier alpha value is 1.02. The summed E-state index contributed by atoms with van der Waals surface area (Å²) in [5.74, 6) is -2.01. The summed E-state index contributed by atoms with van der Waals surface area (Å²) in [5.41, 5.74) is 0. The van der Waals surface area contributed by atoms with Gasteiger partial charge in [-0.1, -0.05) is 103 Å². The van der Waals surface area contributed by atoms with Crippen LogP contribution in [0.25, 0.3) is 0 Å². The van der Waals surface area contributed by atoms with Gasteiger partial charge < -0.3 is 9.29 Å². The third kappa shape index (κ3) is 27.0. The molecular formula is C20H39KO5S. The van der Waals surface area contributed by atoms with Gasteiger partial charge in [-0.3, -0.25) is 4.79 Å². The molecule has 0 spiro atoms. The van der Waals surface area contributed by atoms with Gasteiger partial charge in [-0.25, -0.2) is 8.42 Å². The molecule has 0 bridgehead atoms. The standard InChI is InChI=1S/C20H40O5S.K/c1-2-3-4-5-6-7-8-9-10-11-12-13-14-15-16-17-18-25-20(21)19-26(22,23)24;/h2-19H2,1H3,(H,22,23,24);/q;+1/p-1. The zero-order valence-electron chi connectivity index (χ0n) is 17.7. The first-order chi connectivity index (χ1) is 12.5. The topological polar surface area (TPSA) is 83.5 Å². The Balaban J connectivity index is 0. The minimum atomic E-state index is -4.52. The monoisotopic (exact) mass is 430 g/mol. The molecule has 0 fully saturated rings. The summed E-state index contributed by atoms with van der Waals surface area (Å²) in [5, 5.41) is 0. The number of rotatable bonds is 19. The Labute approximate surface area is 209 Å². The summed E-state index contributed by atoms with van der Waals surface area (Å²) in [6.45, 7) is 2.46. The number of esters is 1. The van der Waals surface area contributed by atoms with E-state index in [4.69, 9.17) is 4.74 Å². The first-order valence-electron chi connectivity index (χ1n) is 10.5. The third-order valence-corrected chi connectivity index (χ3v) is 5.14. The van der Waals surface area contributed by atoms with Gasteiger partial charge in [0.05, 0.1) is 6.61 Å². The average molecular weight is 431 g/mol. The van der Waals surface area contributed by atoms with Crippen LogP contribution in [0.3, 0.4) is 0 Å². The maximum atomic E-state index is 11.0. The van der Waals surface area contributed by atoms with Crippen molar-refractivity contribution < 1.29 is 73.9 Å². The summed E-state index contributed by atoms with van der Waals surface area (Å²) in [7, 11) is -4.52. The summed E-state index contributed by atoms with van der Waals surface area (Å²) >= 11 is 0. The van der Waals surface area contributed by atoms with Crippen molar-refractivity contribution in [1.82, 2.24) is 0 Å². The molecule has 0 rings (SSSR count). The van der Waals surface area contributed by atoms with Crippen molar-refractivity contribution in [1.29, 1.82) is 0 Å². The third-order valence-electron chi connectivity index (χ3n) is 4.56. The molecule has 0 saturated carbocycles. The Morgan fingerprint density at radius 3 is 1.37 bits per heavy atom. The molecule has 0 N–H and O–H groups in total. The van der Waals surface area contributed by atoms with Gasteiger partial charge in [0.25, 0.3) is 0 Å². The second-order valence-electron chi connectivity index (χ2n) is 7.23. The van der Waals surface area contributed by atoms with Crippen molar-refractivity contribution >= 4 is 16.1 Å². The van der Waals surface area contributed by atoms with E-state index in [1.54, 1.807) is 0 Å². The summed E-state index contributed by atoms with van der Waals surface area (Å²) in [6.07, 6.45) is 20.3. The fourth-order valence-corrected chi connectivity index (χ4v) is 3.39. The molecule has 7 heteroatoms. The molecule has 156 valence electrons. The maximum absolute atomic E-state index is 11.0. The molecule has 0 atom stereocenters. The molecule has 0 saturated heterocycles. The van der Waals surface area contributed by atoms with E-state index in [0.717, 1.165) is 19.3 Å². The van der Waals surface area contributed by atoms with Crippen molar-refractivity contribution in [2.75, 3.05) is 12.4 Å². The predicted molar refractivity (Wildman–Crippen MR) is 105 cm³/mol. The van der Waals surface area contributed by atoms with Crippen LogP contribution in [0, 0.1) is 0 Å². The summed E-state index contributed by atoms with van der Waals surface area (Å²) < 4.78 is 35.8. The van der Waals surface area contributed by atoms with Crippen LogP contribution in [0.2, 0.25) is 0 Å². The van der Waals surface area contributed by atoms with E-state index in [9.17, 15) is 17.8 Å². The molecule has 0 aliphatic carbocycles. The number of hydrogen-bond acceptors (Lipinski definition) is 5. The van der Waals surface area contributed by atoms with E-state index in [2.05, 4.69) is 6.92 Å². The second-order valence-corrected chi connectivity index (χ2v) is 8.63. The minimum absolute atomic E-state index is 0. The molecule has 0 heterocycles. The van der Waals surface area contributed by atoms with Gasteiger partial charge >= 0.3 is 57.4 Å². The largest absolute Gasteiger partial charge is 1.00 e. The fourth-order valence-electron chi connectivity index (χ4n) is 3.02. The van der Waals surface area contributed by atoms with Gasteiger partial charge in [0, 0.05) is 0 Å². The van der Waals surface area contributed by atoms with E-state index in [1.165, 1.54) is 83.5 Å². The first-order valence-corrected chi connectivity index (χ1v) is 12.1. The zero-order valence-corrected chi connectivity index (χ0v) is 21.6. The molecule has 0 unspecified atom stereocenters. The summed E-state index contributed by atoms with van der Waals surface area (Å²) in [4.78, 5) is 11.0. The van der Waals surface area contributed by atoms with Crippen molar-refractivity contribution in [3.8, 4) is 0 Å². The smallest absolute Gasteiger partial charge is 0.748 e. The Morgan fingerprint density at radius 1 is 0.704 bits per heavy atom. The average Bonchev–Trinajstić information content (AvgIpc) is 2.56. The number of ether oxygens (including phenoxy) is 1. The van der Waals surface area contributed by atoms with E-state index < -0.39 is 21.8 Å². The van der Waals surface area contributed by atoms with Crippen molar-refractivity contribution in [3.63, 3.8) is 0 Å². The van der Waals surface area contributed by atoms with Crippen molar-refractivity contribution in [2.45, 2.75) is 110 Å². The molecule has 0 aliphatic rings. The Kier molecular flexibility index (Phi) is 24.3. The molecule has 0 amide bonds. The SMILES string of the molecule is CCCCCCCCCCCCCCCCCCOC(=O)CS(=O)(=O)[O-].[K+]. The second kappa shape index (κ2) is 21.7. The van der Waals surface area contributed by atoms with Gasteiger partial charge in [0.15, 0.2) is 0 Å². The van der Waals surface area contributed by atoms with Gasteiger partial charge in [0.2, 0.25) is 0 Å². The Bertz CT molecular complexity index is 426. The van der Waals surface area contributed by atoms with Crippen molar-refractivity contribution in [2.24, 2.45) is 0 Å². The zero-order chi connectivity index (χ0) is 19.5. The van der Waals surface area contributed by atoms with Crippen LogP contribution in [0.5, 0.6) is 0 Å². The summed E-state index contributed by atoms with van der Waals surface area (Å²) in [6, 6.07) is 0. The first kappa shape index (κ1) is 30.2. The number of unbranched alkanes of at least 4 members (excludes halogenated alkanes) is 15.